The molecule has 1 N–H and O–H groups in total. The van der Waals surface area contributed by atoms with Crippen molar-refractivity contribution in [3.8, 4) is 5.75 Å². The highest BCUT2D eigenvalue weighted by atomic mass is 35.5. The molecule has 1 heterocycles. The molecular formula is C13H12ClF2NO3. The lowest BCUT2D eigenvalue weighted by Crippen LogP contribution is -2.07. The number of ether oxygens (including phenoxy) is 2. The Morgan fingerprint density at radius 2 is 2.15 bits per heavy atom. The quantitative estimate of drug-likeness (QED) is 0.858. The van der Waals surface area contributed by atoms with Crippen LogP contribution in [-0.4, -0.2) is 30.6 Å². The maximum absolute atomic E-state index is 12.1. The van der Waals surface area contributed by atoms with Crippen molar-refractivity contribution in [1.29, 1.82) is 0 Å². The summed E-state index contributed by atoms with van der Waals surface area (Å²) in [5.74, 6) is -0.355. The van der Waals surface area contributed by atoms with E-state index in [-0.39, 0.29) is 23.1 Å². The second-order valence-electron chi connectivity index (χ2n) is 3.98. The summed E-state index contributed by atoms with van der Waals surface area (Å²) < 4.78 is 34.0. The van der Waals surface area contributed by atoms with Crippen LogP contribution in [0.5, 0.6) is 5.75 Å². The smallest absolute Gasteiger partial charge is 0.354 e. The molecule has 0 bridgehead atoms. The summed E-state index contributed by atoms with van der Waals surface area (Å²) in [4.78, 5) is 14.4. The summed E-state index contributed by atoms with van der Waals surface area (Å²) in [5.41, 5.74) is 0.825. The molecule has 0 unspecified atom stereocenters. The van der Waals surface area contributed by atoms with E-state index in [1.807, 2.05) is 0 Å². The Morgan fingerprint density at radius 1 is 1.40 bits per heavy atom. The Kier molecular flexibility index (Phi) is 4.44. The minimum atomic E-state index is -2.58. The number of aromatic amines is 1. The summed E-state index contributed by atoms with van der Waals surface area (Å²) in [5, 5.41) is 0.870. The summed E-state index contributed by atoms with van der Waals surface area (Å²) in [6.45, 7) is 1.22. The maximum atomic E-state index is 12.1. The van der Waals surface area contributed by atoms with Gasteiger partial charge in [-0.3, -0.25) is 0 Å². The number of rotatable bonds is 5. The van der Waals surface area contributed by atoms with Gasteiger partial charge in [0.05, 0.1) is 11.6 Å². The molecule has 2 rings (SSSR count). The highest BCUT2D eigenvalue weighted by Gasteiger charge is 2.13. The fourth-order valence-corrected chi connectivity index (χ4v) is 1.94. The first kappa shape index (κ1) is 14.6. The van der Waals surface area contributed by atoms with Crippen LogP contribution in [0.25, 0.3) is 10.9 Å². The zero-order valence-corrected chi connectivity index (χ0v) is 11.3. The molecule has 4 nitrogen and oxygen atoms in total. The molecule has 2 aromatic rings. The van der Waals surface area contributed by atoms with Gasteiger partial charge >= 0.3 is 5.97 Å². The van der Waals surface area contributed by atoms with Crippen molar-refractivity contribution in [2.24, 2.45) is 0 Å². The minimum Gasteiger partial charge on any atom is -0.486 e. The standard InChI is InChI=1S/C13H12ClF2NO3/c1-2-19-13(18)10-4-7-3-8(14)11(5-9(7)17-10)20-6-12(15)16/h3-5,12,17H,2,6H2,1H3. The van der Waals surface area contributed by atoms with Gasteiger partial charge in [0.1, 0.15) is 18.1 Å². The fraction of sp³-hybridized carbons (Fsp3) is 0.308. The number of hydrogen-bond donors (Lipinski definition) is 1. The summed E-state index contributed by atoms with van der Waals surface area (Å²) in [6.07, 6.45) is -2.58. The van der Waals surface area contributed by atoms with Crippen LogP contribution in [0, 0.1) is 0 Å². The Bertz CT molecular complexity index is 627. The monoisotopic (exact) mass is 303 g/mol. The number of nitrogens with one attached hydrogen (secondary N) is 1. The van der Waals surface area contributed by atoms with Gasteiger partial charge in [-0.2, -0.15) is 0 Å². The number of carbonyl (C=O) groups is 1. The first-order valence-corrected chi connectivity index (χ1v) is 6.29. The molecule has 0 radical (unpaired) electrons. The zero-order valence-electron chi connectivity index (χ0n) is 10.6. The maximum Gasteiger partial charge on any atom is 0.354 e. The van der Waals surface area contributed by atoms with E-state index in [9.17, 15) is 13.6 Å². The minimum absolute atomic E-state index is 0.136. The molecule has 7 heteroatoms. The molecule has 0 spiro atoms. The molecule has 0 aliphatic rings. The van der Waals surface area contributed by atoms with Gasteiger partial charge in [0.2, 0.25) is 0 Å². The first-order chi connectivity index (χ1) is 9.51. The number of hydrogen-bond acceptors (Lipinski definition) is 3. The van der Waals surface area contributed by atoms with E-state index >= 15 is 0 Å². The molecule has 0 saturated carbocycles. The van der Waals surface area contributed by atoms with Gasteiger partial charge in [0.25, 0.3) is 6.43 Å². The Morgan fingerprint density at radius 3 is 2.80 bits per heavy atom. The van der Waals surface area contributed by atoms with Gasteiger partial charge in [-0.05, 0) is 19.1 Å². The molecule has 0 amide bonds. The molecular weight excluding hydrogens is 292 g/mol. The van der Waals surface area contributed by atoms with Crippen LogP contribution in [0.4, 0.5) is 8.78 Å². The lowest BCUT2D eigenvalue weighted by molar-refractivity contribution is 0.0520. The fourth-order valence-electron chi connectivity index (χ4n) is 1.72. The molecule has 20 heavy (non-hydrogen) atoms. The van der Waals surface area contributed by atoms with Crippen LogP contribution < -0.4 is 4.74 Å². The second kappa shape index (κ2) is 6.09. The molecule has 0 atom stereocenters. The van der Waals surface area contributed by atoms with E-state index in [2.05, 4.69) is 4.98 Å². The Hall–Kier alpha value is -1.82. The van der Waals surface area contributed by atoms with Gasteiger partial charge < -0.3 is 14.5 Å². The third-order valence-corrected chi connectivity index (χ3v) is 2.83. The second-order valence-corrected chi connectivity index (χ2v) is 4.38. The number of fused-ring (bicyclic) bond motifs is 1. The van der Waals surface area contributed by atoms with Crippen molar-refractivity contribution in [3.05, 3.63) is 28.9 Å². The molecule has 0 saturated heterocycles. The topological polar surface area (TPSA) is 51.3 Å². The van der Waals surface area contributed by atoms with Crippen molar-refractivity contribution < 1.29 is 23.0 Å². The predicted octanol–water partition coefficient (Wildman–Crippen LogP) is 3.64. The third kappa shape index (κ3) is 3.19. The predicted molar refractivity (Wildman–Crippen MR) is 70.8 cm³/mol. The van der Waals surface area contributed by atoms with E-state index in [4.69, 9.17) is 21.1 Å². The number of alkyl halides is 2. The van der Waals surface area contributed by atoms with Crippen molar-refractivity contribution in [3.63, 3.8) is 0 Å². The number of halogens is 3. The number of carbonyl (C=O) groups excluding carboxylic acids is 1. The largest absolute Gasteiger partial charge is 0.486 e. The Labute approximate surface area is 118 Å². The van der Waals surface area contributed by atoms with Gasteiger partial charge in [0, 0.05) is 17.0 Å². The third-order valence-electron chi connectivity index (χ3n) is 2.53. The van der Waals surface area contributed by atoms with Crippen LogP contribution >= 0.6 is 11.6 Å². The SMILES string of the molecule is CCOC(=O)c1cc2cc(Cl)c(OCC(F)F)cc2[nH]1. The number of benzene rings is 1. The number of H-pyrrole nitrogens is 1. The highest BCUT2D eigenvalue weighted by Crippen LogP contribution is 2.30. The highest BCUT2D eigenvalue weighted by molar-refractivity contribution is 6.32. The summed E-state index contributed by atoms with van der Waals surface area (Å²) in [6, 6.07) is 4.59. The van der Waals surface area contributed by atoms with Crippen molar-refractivity contribution in [1.82, 2.24) is 4.98 Å². The van der Waals surface area contributed by atoms with Gasteiger partial charge in [-0.15, -0.1) is 0 Å². The van der Waals surface area contributed by atoms with Gasteiger partial charge in [-0.25, -0.2) is 13.6 Å². The number of esters is 1. The molecule has 0 aliphatic heterocycles. The van der Waals surface area contributed by atoms with E-state index in [1.54, 1.807) is 13.0 Å². The molecule has 108 valence electrons. The first-order valence-electron chi connectivity index (χ1n) is 5.91. The van der Waals surface area contributed by atoms with Crippen LogP contribution in [0.2, 0.25) is 5.02 Å². The van der Waals surface area contributed by atoms with Crippen LogP contribution in [0.15, 0.2) is 18.2 Å². The van der Waals surface area contributed by atoms with Gasteiger partial charge in [0.15, 0.2) is 0 Å². The van der Waals surface area contributed by atoms with E-state index in [0.29, 0.717) is 10.9 Å². The van der Waals surface area contributed by atoms with Gasteiger partial charge in [-0.1, -0.05) is 11.6 Å². The molecule has 0 aliphatic carbocycles. The lowest BCUT2D eigenvalue weighted by Gasteiger charge is -2.07. The zero-order chi connectivity index (χ0) is 14.7. The van der Waals surface area contributed by atoms with Crippen molar-refractivity contribution in [2.45, 2.75) is 13.3 Å². The van der Waals surface area contributed by atoms with E-state index < -0.39 is 19.0 Å². The van der Waals surface area contributed by atoms with Crippen LogP contribution in [-0.2, 0) is 4.74 Å². The average molecular weight is 304 g/mol. The summed E-state index contributed by atoms with van der Waals surface area (Å²) >= 11 is 5.94. The molecule has 0 fully saturated rings. The lowest BCUT2D eigenvalue weighted by atomic mass is 10.2. The summed E-state index contributed by atoms with van der Waals surface area (Å²) in [7, 11) is 0. The van der Waals surface area contributed by atoms with Crippen LogP contribution in [0.1, 0.15) is 17.4 Å². The molecule has 1 aromatic heterocycles. The van der Waals surface area contributed by atoms with E-state index in [0.717, 1.165) is 0 Å². The van der Waals surface area contributed by atoms with Crippen molar-refractivity contribution >= 4 is 28.5 Å². The Balaban J connectivity index is 2.30. The average Bonchev–Trinajstić information content (AvgIpc) is 2.79. The van der Waals surface area contributed by atoms with Crippen molar-refractivity contribution in [2.75, 3.05) is 13.2 Å². The normalized spacial score (nSPS) is 11.1. The van der Waals surface area contributed by atoms with E-state index in [1.165, 1.54) is 12.1 Å². The molecule has 1 aromatic carbocycles. The van der Waals surface area contributed by atoms with Crippen LogP contribution in [0.3, 0.4) is 0 Å². The number of aromatic nitrogens is 1.